The second kappa shape index (κ2) is 6.73. The Labute approximate surface area is 94.8 Å². The number of amides is 1. The van der Waals surface area contributed by atoms with Crippen LogP contribution in [0.1, 0.15) is 13.8 Å². The van der Waals surface area contributed by atoms with Crippen molar-refractivity contribution in [3.05, 3.63) is 11.8 Å². The average Bonchev–Trinajstić information content (AvgIpc) is 2.16. The molecule has 6 heteroatoms. The number of hydrogen-bond acceptors (Lipinski definition) is 5. The summed E-state index contributed by atoms with van der Waals surface area (Å²) in [4.78, 5) is 22.4. The van der Waals surface area contributed by atoms with Crippen LogP contribution in [-0.4, -0.2) is 37.0 Å². The molecule has 0 fully saturated rings. The lowest BCUT2D eigenvalue weighted by Crippen LogP contribution is -2.45. The highest BCUT2D eigenvalue weighted by Crippen LogP contribution is 1.86. The Balaban J connectivity index is 4.21. The van der Waals surface area contributed by atoms with E-state index in [2.05, 4.69) is 10.6 Å². The van der Waals surface area contributed by atoms with Gasteiger partial charge in [0.1, 0.15) is 11.5 Å². The number of allylic oxidation sites excluding steroid dienone is 1. The zero-order chi connectivity index (χ0) is 12.7. The number of nitrogens with two attached hydrogens (primary N) is 1. The van der Waals surface area contributed by atoms with E-state index in [9.17, 15) is 9.59 Å². The largest absolute Gasteiger partial charge is 0.402 e. The summed E-state index contributed by atoms with van der Waals surface area (Å²) in [6.45, 7) is 3.18. The van der Waals surface area contributed by atoms with Crippen molar-refractivity contribution in [1.82, 2.24) is 10.6 Å². The van der Waals surface area contributed by atoms with Crippen LogP contribution in [-0.2, 0) is 9.59 Å². The second-order valence-electron chi connectivity index (χ2n) is 3.46. The molecule has 5 N–H and O–H groups in total. The zero-order valence-electron chi connectivity index (χ0n) is 9.76. The van der Waals surface area contributed by atoms with Crippen LogP contribution in [0.3, 0.4) is 0 Å². The maximum absolute atomic E-state index is 11.3. The van der Waals surface area contributed by atoms with Crippen molar-refractivity contribution < 1.29 is 9.59 Å². The highest BCUT2D eigenvalue weighted by Gasteiger charge is 2.13. The number of rotatable bonds is 6. The Morgan fingerprint density at radius 2 is 2.00 bits per heavy atom. The molecule has 0 heterocycles. The fourth-order valence-electron chi connectivity index (χ4n) is 1.03. The van der Waals surface area contributed by atoms with Crippen LogP contribution in [0.2, 0.25) is 0 Å². The van der Waals surface area contributed by atoms with Gasteiger partial charge in [-0.25, -0.2) is 0 Å². The lowest BCUT2D eigenvalue weighted by Gasteiger charge is -2.13. The normalized spacial score (nSPS) is 13.1. The monoisotopic (exact) mass is 226 g/mol. The fourth-order valence-corrected chi connectivity index (χ4v) is 1.03. The summed E-state index contributed by atoms with van der Waals surface area (Å²) in [6, 6.07) is -0.431. The van der Waals surface area contributed by atoms with Gasteiger partial charge in [-0.05, 0) is 27.0 Å². The Bertz CT molecular complexity index is 319. The van der Waals surface area contributed by atoms with E-state index in [1.165, 1.54) is 13.0 Å². The smallest absolute Gasteiger partial charge is 0.269 e. The Kier molecular flexibility index (Phi) is 6.02. The predicted octanol–water partition coefficient (Wildman–Crippen LogP) is -0.838. The van der Waals surface area contributed by atoms with Crippen LogP contribution in [0, 0.1) is 5.41 Å². The predicted molar refractivity (Wildman–Crippen MR) is 62.2 cm³/mol. The highest BCUT2D eigenvalue weighted by atomic mass is 16.2. The summed E-state index contributed by atoms with van der Waals surface area (Å²) in [5.41, 5.74) is 5.50. The maximum atomic E-state index is 11.3. The molecule has 0 aromatic carbocycles. The first-order valence-electron chi connectivity index (χ1n) is 4.86. The van der Waals surface area contributed by atoms with Gasteiger partial charge in [-0.2, -0.15) is 0 Å². The standard InChI is InChI=1S/C10H18N4O2/c1-6(11)4-8(12)10(16)14-5-9(13-3)7(2)15/h4,9,12-13H,5,11H2,1-3H3,(H,14,16)/b6-4-,12-8?. The van der Waals surface area contributed by atoms with Crippen molar-refractivity contribution >= 4 is 17.4 Å². The molecule has 16 heavy (non-hydrogen) atoms. The third-order valence-corrected chi connectivity index (χ3v) is 1.92. The van der Waals surface area contributed by atoms with Crippen LogP contribution in [0.5, 0.6) is 0 Å². The summed E-state index contributed by atoms with van der Waals surface area (Å²) in [5.74, 6) is -0.619. The number of nitrogens with one attached hydrogen (secondary N) is 3. The molecule has 0 radical (unpaired) electrons. The van der Waals surface area contributed by atoms with Crippen LogP contribution in [0.15, 0.2) is 11.8 Å². The SMILES string of the molecule is CNC(CNC(=O)C(=N)/C=C(/C)N)C(C)=O. The summed E-state index contributed by atoms with van der Waals surface area (Å²) in [6.07, 6.45) is 1.26. The van der Waals surface area contributed by atoms with Gasteiger partial charge in [0, 0.05) is 12.2 Å². The molecule has 90 valence electrons. The molecule has 0 saturated heterocycles. The number of hydrogen-bond donors (Lipinski definition) is 4. The molecule has 0 aromatic heterocycles. The van der Waals surface area contributed by atoms with Crippen molar-refractivity contribution in [3.8, 4) is 0 Å². The van der Waals surface area contributed by atoms with Crippen LogP contribution < -0.4 is 16.4 Å². The number of ketones is 1. The van der Waals surface area contributed by atoms with E-state index < -0.39 is 11.9 Å². The zero-order valence-corrected chi connectivity index (χ0v) is 9.76. The summed E-state index contributed by atoms with van der Waals surface area (Å²) in [5, 5.41) is 12.6. The van der Waals surface area contributed by atoms with Crippen molar-refractivity contribution in [1.29, 1.82) is 5.41 Å². The van der Waals surface area contributed by atoms with Gasteiger partial charge in [0.05, 0.1) is 6.04 Å². The topological polar surface area (TPSA) is 108 Å². The van der Waals surface area contributed by atoms with Gasteiger partial charge in [0.15, 0.2) is 0 Å². The van der Waals surface area contributed by atoms with Crippen molar-refractivity contribution in [2.24, 2.45) is 5.73 Å². The average molecular weight is 226 g/mol. The quantitative estimate of drug-likeness (QED) is 0.443. The van der Waals surface area contributed by atoms with Gasteiger partial charge < -0.3 is 16.4 Å². The minimum absolute atomic E-state index is 0.0696. The molecule has 0 aliphatic rings. The second-order valence-corrected chi connectivity index (χ2v) is 3.46. The minimum Gasteiger partial charge on any atom is -0.402 e. The van der Waals surface area contributed by atoms with Gasteiger partial charge in [0.25, 0.3) is 5.91 Å². The third kappa shape index (κ3) is 5.26. The van der Waals surface area contributed by atoms with Crippen LogP contribution in [0.4, 0.5) is 0 Å². The van der Waals surface area contributed by atoms with E-state index in [1.807, 2.05) is 0 Å². The van der Waals surface area contributed by atoms with Crippen LogP contribution >= 0.6 is 0 Å². The van der Waals surface area contributed by atoms with E-state index >= 15 is 0 Å². The molecular formula is C10H18N4O2. The Morgan fingerprint density at radius 3 is 2.38 bits per heavy atom. The number of carbonyl (C=O) groups is 2. The van der Waals surface area contributed by atoms with Gasteiger partial charge in [-0.15, -0.1) is 0 Å². The molecule has 0 aromatic rings. The molecule has 0 rings (SSSR count). The van der Waals surface area contributed by atoms with Gasteiger partial charge >= 0.3 is 0 Å². The number of likely N-dealkylation sites (N-methyl/N-ethyl adjacent to an activating group) is 1. The summed E-state index contributed by atoms with van der Waals surface area (Å²) in [7, 11) is 1.63. The van der Waals surface area contributed by atoms with E-state index in [0.717, 1.165) is 0 Å². The third-order valence-electron chi connectivity index (χ3n) is 1.92. The molecule has 1 atom stereocenters. The molecule has 1 amide bonds. The minimum atomic E-state index is -0.550. The lowest BCUT2D eigenvalue weighted by molar-refractivity contribution is -0.119. The molecule has 0 saturated carbocycles. The van der Waals surface area contributed by atoms with Crippen LogP contribution in [0.25, 0.3) is 0 Å². The van der Waals surface area contributed by atoms with Gasteiger partial charge in [0.2, 0.25) is 0 Å². The Hall–Kier alpha value is -1.69. The molecule has 1 unspecified atom stereocenters. The van der Waals surface area contributed by atoms with E-state index in [0.29, 0.717) is 5.70 Å². The highest BCUT2D eigenvalue weighted by molar-refractivity contribution is 6.42. The molecule has 6 nitrogen and oxygen atoms in total. The number of carbonyl (C=O) groups excluding carboxylic acids is 2. The van der Waals surface area contributed by atoms with Gasteiger partial charge in [-0.1, -0.05) is 0 Å². The number of Topliss-reactive ketones (excluding diaryl/α,β-unsaturated/α-hetero) is 1. The van der Waals surface area contributed by atoms with Gasteiger partial charge in [-0.3, -0.25) is 15.0 Å². The Morgan fingerprint density at radius 1 is 1.44 bits per heavy atom. The molecule has 0 aliphatic carbocycles. The molecule has 0 bridgehead atoms. The lowest BCUT2D eigenvalue weighted by atomic mass is 10.2. The molecular weight excluding hydrogens is 208 g/mol. The summed E-state index contributed by atoms with van der Waals surface area (Å²) >= 11 is 0. The van der Waals surface area contributed by atoms with Crippen molar-refractivity contribution in [2.75, 3.05) is 13.6 Å². The van der Waals surface area contributed by atoms with Crippen molar-refractivity contribution in [2.45, 2.75) is 19.9 Å². The fraction of sp³-hybridized carbons (Fsp3) is 0.500. The first-order valence-corrected chi connectivity index (χ1v) is 4.86. The molecule has 0 spiro atoms. The first-order chi connectivity index (χ1) is 7.38. The first kappa shape index (κ1) is 14.3. The van der Waals surface area contributed by atoms with E-state index in [1.54, 1.807) is 14.0 Å². The molecule has 0 aliphatic heterocycles. The van der Waals surface area contributed by atoms with E-state index in [-0.39, 0.29) is 18.0 Å². The van der Waals surface area contributed by atoms with Crippen molar-refractivity contribution in [3.63, 3.8) is 0 Å². The van der Waals surface area contributed by atoms with E-state index in [4.69, 9.17) is 11.1 Å². The summed E-state index contributed by atoms with van der Waals surface area (Å²) < 4.78 is 0. The maximum Gasteiger partial charge on any atom is 0.269 e.